The van der Waals surface area contributed by atoms with Crippen molar-refractivity contribution < 1.29 is 9.90 Å². The number of rotatable bonds is 5. The molecule has 5 heteroatoms. The SMILES string of the molecule is Cc1ccc2c(C(=O)N(CCO)CC(C)C)cnn2c1. The molecule has 0 spiro atoms. The molecule has 0 fully saturated rings. The van der Waals surface area contributed by atoms with E-state index in [9.17, 15) is 4.79 Å². The molecule has 0 saturated heterocycles. The minimum absolute atomic E-state index is 0.0310. The number of aryl methyl sites for hydroxylation is 1. The van der Waals surface area contributed by atoms with E-state index >= 15 is 0 Å². The third kappa shape index (κ3) is 2.99. The quantitative estimate of drug-likeness (QED) is 0.904. The highest BCUT2D eigenvalue weighted by molar-refractivity contribution is 6.00. The average molecular weight is 275 g/mol. The van der Waals surface area contributed by atoms with E-state index in [-0.39, 0.29) is 12.5 Å². The molecule has 0 aliphatic rings. The number of hydrogen-bond acceptors (Lipinski definition) is 3. The number of fused-ring (bicyclic) bond motifs is 1. The van der Waals surface area contributed by atoms with Gasteiger partial charge in [-0.2, -0.15) is 5.10 Å². The van der Waals surface area contributed by atoms with Gasteiger partial charge >= 0.3 is 0 Å². The van der Waals surface area contributed by atoms with Gasteiger partial charge < -0.3 is 10.0 Å². The number of nitrogens with zero attached hydrogens (tertiary/aromatic N) is 3. The summed E-state index contributed by atoms with van der Waals surface area (Å²) in [7, 11) is 0. The molecule has 0 radical (unpaired) electrons. The van der Waals surface area contributed by atoms with Crippen LogP contribution in [0.15, 0.2) is 24.5 Å². The van der Waals surface area contributed by atoms with Crippen molar-refractivity contribution in [2.24, 2.45) is 5.92 Å². The van der Waals surface area contributed by atoms with Gasteiger partial charge in [-0.1, -0.05) is 19.9 Å². The molecule has 20 heavy (non-hydrogen) atoms. The molecule has 0 bridgehead atoms. The molecule has 0 aliphatic carbocycles. The molecule has 5 nitrogen and oxygen atoms in total. The highest BCUT2D eigenvalue weighted by Crippen LogP contribution is 2.15. The molecule has 0 aromatic carbocycles. The van der Waals surface area contributed by atoms with Crippen LogP contribution >= 0.6 is 0 Å². The van der Waals surface area contributed by atoms with E-state index in [2.05, 4.69) is 18.9 Å². The maximum Gasteiger partial charge on any atom is 0.257 e. The predicted molar refractivity (Wildman–Crippen MR) is 77.8 cm³/mol. The van der Waals surface area contributed by atoms with Gasteiger partial charge in [-0.15, -0.1) is 0 Å². The summed E-state index contributed by atoms with van der Waals surface area (Å²) in [6.45, 7) is 7.03. The van der Waals surface area contributed by atoms with Gasteiger partial charge in [0.15, 0.2) is 0 Å². The van der Waals surface area contributed by atoms with Crippen LogP contribution < -0.4 is 0 Å². The molecule has 0 unspecified atom stereocenters. The monoisotopic (exact) mass is 275 g/mol. The molecule has 0 atom stereocenters. The van der Waals surface area contributed by atoms with Gasteiger partial charge in [-0.05, 0) is 24.5 Å². The third-order valence-corrected chi connectivity index (χ3v) is 3.14. The predicted octanol–water partition coefficient (Wildman–Crippen LogP) is 1.73. The molecular weight excluding hydrogens is 254 g/mol. The Bertz CT molecular complexity index is 604. The summed E-state index contributed by atoms with van der Waals surface area (Å²) >= 11 is 0. The fourth-order valence-corrected chi connectivity index (χ4v) is 2.26. The summed E-state index contributed by atoms with van der Waals surface area (Å²) in [5, 5.41) is 13.4. The van der Waals surface area contributed by atoms with E-state index < -0.39 is 0 Å². The van der Waals surface area contributed by atoms with E-state index in [1.807, 2.05) is 25.3 Å². The molecule has 2 rings (SSSR count). The Morgan fingerprint density at radius 1 is 1.45 bits per heavy atom. The highest BCUT2D eigenvalue weighted by atomic mass is 16.3. The maximum atomic E-state index is 12.6. The van der Waals surface area contributed by atoms with Crippen LogP contribution in [0.3, 0.4) is 0 Å². The number of hydrogen-bond donors (Lipinski definition) is 1. The van der Waals surface area contributed by atoms with Crippen LogP contribution in [0.25, 0.3) is 5.52 Å². The van der Waals surface area contributed by atoms with Gasteiger partial charge in [0, 0.05) is 19.3 Å². The minimum Gasteiger partial charge on any atom is -0.395 e. The first kappa shape index (κ1) is 14.5. The van der Waals surface area contributed by atoms with Crippen LogP contribution in [0.4, 0.5) is 0 Å². The van der Waals surface area contributed by atoms with Crippen molar-refractivity contribution in [1.29, 1.82) is 0 Å². The summed E-state index contributed by atoms with van der Waals surface area (Å²) in [6, 6.07) is 3.87. The Labute approximate surface area is 118 Å². The van der Waals surface area contributed by atoms with E-state index in [1.165, 1.54) is 0 Å². The van der Waals surface area contributed by atoms with E-state index in [0.29, 0.717) is 24.6 Å². The number of aliphatic hydroxyl groups is 1. The standard InChI is InChI=1S/C15H21N3O2/c1-11(2)9-17(6-7-19)15(20)13-8-16-18-10-12(3)4-5-14(13)18/h4-5,8,10-11,19H,6-7,9H2,1-3H3. The smallest absolute Gasteiger partial charge is 0.257 e. The number of aromatic nitrogens is 2. The van der Waals surface area contributed by atoms with E-state index in [0.717, 1.165) is 11.1 Å². The summed E-state index contributed by atoms with van der Waals surface area (Å²) < 4.78 is 1.72. The van der Waals surface area contributed by atoms with Crippen molar-refractivity contribution in [3.05, 3.63) is 35.7 Å². The Kier molecular flexibility index (Phi) is 4.39. The van der Waals surface area contributed by atoms with Crippen molar-refractivity contribution in [1.82, 2.24) is 14.5 Å². The second kappa shape index (κ2) is 6.05. The summed E-state index contributed by atoms with van der Waals surface area (Å²) in [5.41, 5.74) is 2.47. The fraction of sp³-hybridized carbons (Fsp3) is 0.467. The van der Waals surface area contributed by atoms with Crippen LogP contribution in [0.1, 0.15) is 29.8 Å². The lowest BCUT2D eigenvalue weighted by molar-refractivity contribution is 0.0702. The van der Waals surface area contributed by atoms with Crippen molar-refractivity contribution in [3.63, 3.8) is 0 Å². The maximum absolute atomic E-state index is 12.6. The van der Waals surface area contributed by atoms with Crippen LogP contribution in [-0.2, 0) is 0 Å². The van der Waals surface area contributed by atoms with Crippen molar-refractivity contribution >= 4 is 11.4 Å². The Morgan fingerprint density at radius 2 is 2.20 bits per heavy atom. The topological polar surface area (TPSA) is 57.8 Å². The van der Waals surface area contributed by atoms with Gasteiger partial charge in [-0.3, -0.25) is 4.79 Å². The number of carbonyl (C=O) groups excluding carboxylic acids is 1. The lowest BCUT2D eigenvalue weighted by Crippen LogP contribution is -2.36. The zero-order chi connectivity index (χ0) is 14.7. The first-order chi connectivity index (χ1) is 9.52. The largest absolute Gasteiger partial charge is 0.395 e. The Hall–Kier alpha value is -1.88. The Morgan fingerprint density at radius 3 is 2.85 bits per heavy atom. The molecular formula is C15H21N3O2. The molecule has 0 saturated carbocycles. The van der Waals surface area contributed by atoms with Gasteiger partial charge in [0.05, 0.1) is 23.9 Å². The zero-order valence-corrected chi connectivity index (χ0v) is 12.2. The van der Waals surface area contributed by atoms with Crippen LogP contribution in [0, 0.1) is 12.8 Å². The third-order valence-electron chi connectivity index (χ3n) is 3.14. The molecule has 1 amide bonds. The van der Waals surface area contributed by atoms with Crippen molar-refractivity contribution in [2.75, 3.05) is 19.7 Å². The van der Waals surface area contributed by atoms with Crippen LogP contribution in [0.5, 0.6) is 0 Å². The lowest BCUT2D eigenvalue weighted by atomic mass is 10.1. The normalized spacial score (nSPS) is 11.2. The first-order valence-corrected chi connectivity index (χ1v) is 6.87. The molecule has 2 aromatic rings. The molecule has 2 heterocycles. The number of amides is 1. The van der Waals surface area contributed by atoms with Gasteiger partial charge in [-0.25, -0.2) is 4.52 Å². The van der Waals surface area contributed by atoms with E-state index in [4.69, 9.17) is 5.11 Å². The second-order valence-electron chi connectivity index (χ2n) is 5.46. The molecule has 0 aliphatic heterocycles. The van der Waals surface area contributed by atoms with Crippen molar-refractivity contribution in [3.8, 4) is 0 Å². The van der Waals surface area contributed by atoms with Gasteiger partial charge in [0.25, 0.3) is 5.91 Å². The van der Waals surface area contributed by atoms with Crippen LogP contribution in [-0.4, -0.2) is 45.2 Å². The second-order valence-corrected chi connectivity index (χ2v) is 5.46. The van der Waals surface area contributed by atoms with Gasteiger partial charge in [0.1, 0.15) is 0 Å². The average Bonchev–Trinajstić information content (AvgIpc) is 2.79. The highest BCUT2D eigenvalue weighted by Gasteiger charge is 2.20. The fourth-order valence-electron chi connectivity index (χ4n) is 2.26. The summed E-state index contributed by atoms with van der Waals surface area (Å²) in [4.78, 5) is 14.3. The molecule has 108 valence electrons. The van der Waals surface area contributed by atoms with Gasteiger partial charge in [0.2, 0.25) is 0 Å². The zero-order valence-electron chi connectivity index (χ0n) is 12.2. The number of pyridine rings is 1. The molecule has 2 aromatic heterocycles. The number of aliphatic hydroxyl groups excluding tert-OH is 1. The Balaban J connectivity index is 2.33. The van der Waals surface area contributed by atoms with Crippen LogP contribution in [0.2, 0.25) is 0 Å². The van der Waals surface area contributed by atoms with Crippen molar-refractivity contribution in [2.45, 2.75) is 20.8 Å². The summed E-state index contributed by atoms with van der Waals surface area (Å²) in [5.74, 6) is 0.279. The summed E-state index contributed by atoms with van der Waals surface area (Å²) in [6.07, 6.45) is 3.49. The minimum atomic E-state index is -0.0772. The molecule has 1 N–H and O–H groups in total. The lowest BCUT2D eigenvalue weighted by Gasteiger charge is -2.23. The number of carbonyl (C=O) groups is 1. The first-order valence-electron chi connectivity index (χ1n) is 6.87. The van der Waals surface area contributed by atoms with E-state index in [1.54, 1.807) is 15.6 Å².